The second-order valence-corrected chi connectivity index (χ2v) is 5.21. The lowest BCUT2D eigenvalue weighted by Crippen LogP contribution is -2.55. The second-order valence-electron chi connectivity index (χ2n) is 5.21. The van der Waals surface area contributed by atoms with Gasteiger partial charge in [0, 0.05) is 13.0 Å². The predicted molar refractivity (Wildman–Crippen MR) is 69.1 cm³/mol. The highest BCUT2D eigenvalue weighted by Gasteiger charge is 2.28. The molecule has 0 aliphatic heterocycles. The topological polar surface area (TPSA) is 55.1 Å². The van der Waals surface area contributed by atoms with Crippen LogP contribution < -0.4 is 11.1 Å². The molecule has 0 radical (unpaired) electrons. The smallest absolute Gasteiger partial charge is 0.220 e. The Morgan fingerprint density at radius 3 is 2.12 bits per heavy atom. The summed E-state index contributed by atoms with van der Waals surface area (Å²) in [5.41, 5.74) is 5.46. The summed E-state index contributed by atoms with van der Waals surface area (Å²) in [6, 6.07) is 0. The third kappa shape index (κ3) is 4.52. The van der Waals surface area contributed by atoms with Crippen LogP contribution in [0.15, 0.2) is 0 Å². The van der Waals surface area contributed by atoms with Crippen molar-refractivity contribution in [3.8, 4) is 0 Å². The molecule has 0 heterocycles. The lowest BCUT2D eigenvalue weighted by molar-refractivity contribution is -0.124. The molecule has 1 unspecified atom stereocenters. The van der Waals surface area contributed by atoms with E-state index in [9.17, 15) is 4.79 Å². The number of amides is 1. The molecule has 16 heavy (non-hydrogen) atoms. The third-order valence-electron chi connectivity index (χ3n) is 3.75. The Morgan fingerprint density at radius 2 is 1.81 bits per heavy atom. The van der Waals surface area contributed by atoms with Crippen molar-refractivity contribution in [3.63, 3.8) is 0 Å². The molecule has 1 amide bonds. The number of nitrogens with two attached hydrogens (primary N) is 1. The van der Waals surface area contributed by atoms with Crippen molar-refractivity contribution in [1.29, 1.82) is 0 Å². The number of carbonyl (C=O) groups excluding carboxylic acids is 1. The zero-order valence-electron chi connectivity index (χ0n) is 11.5. The van der Waals surface area contributed by atoms with Gasteiger partial charge in [0.1, 0.15) is 0 Å². The van der Waals surface area contributed by atoms with Crippen molar-refractivity contribution in [2.24, 2.45) is 17.6 Å². The fourth-order valence-electron chi connectivity index (χ4n) is 1.64. The van der Waals surface area contributed by atoms with Gasteiger partial charge in [0.25, 0.3) is 0 Å². The SMILES string of the molecule is CCC(CC)CC(=O)NC(C)(CN)C(C)C. The van der Waals surface area contributed by atoms with Crippen LogP contribution in [0.3, 0.4) is 0 Å². The molecule has 0 rings (SSSR count). The van der Waals surface area contributed by atoms with Gasteiger partial charge >= 0.3 is 0 Å². The first-order valence-electron chi connectivity index (χ1n) is 6.40. The van der Waals surface area contributed by atoms with E-state index in [0.717, 1.165) is 12.8 Å². The van der Waals surface area contributed by atoms with Crippen molar-refractivity contribution in [2.45, 2.75) is 59.4 Å². The highest BCUT2D eigenvalue weighted by atomic mass is 16.1. The van der Waals surface area contributed by atoms with Crippen LogP contribution in [-0.4, -0.2) is 18.0 Å². The summed E-state index contributed by atoms with van der Waals surface area (Å²) < 4.78 is 0. The molecule has 0 saturated heterocycles. The molecule has 3 N–H and O–H groups in total. The van der Waals surface area contributed by atoms with Crippen LogP contribution in [0.25, 0.3) is 0 Å². The number of hydrogen-bond acceptors (Lipinski definition) is 2. The Labute approximate surface area is 100 Å². The normalized spacial score (nSPS) is 15.2. The average molecular weight is 228 g/mol. The van der Waals surface area contributed by atoms with E-state index in [1.54, 1.807) is 0 Å². The van der Waals surface area contributed by atoms with Crippen molar-refractivity contribution in [2.75, 3.05) is 6.54 Å². The summed E-state index contributed by atoms with van der Waals surface area (Å²) in [5, 5.41) is 3.08. The summed E-state index contributed by atoms with van der Waals surface area (Å²) >= 11 is 0. The Kier molecular flexibility index (Phi) is 6.65. The van der Waals surface area contributed by atoms with Gasteiger partial charge in [-0.15, -0.1) is 0 Å². The van der Waals surface area contributed by atoms with Crippen LogP contribution in [0.2, 0.25) is 0 Å². The van der Waals surface area contributed by atoms with Crippen LogP contribution in [0.4, 0.5) is 0 Å². The van der Waals surface area contributed by atoms with Gasteiger partial charge in [-0.2, -0.15) is 0 Å². The van der Waals surface area contributed by atoms with Gasteiger partial charge < -0.3 is 11.1 Å². The molecule has 0 bridgehead atoms. The van der Waals surface area contributed by atoms with Gasteiger partial charge in [0.15, 0.2) is 0 Å². The largest absolute Gasteiger partial charge is 0.349 e. The van der Waals surface area contributed by atoms with Crippen LogP contribution in [0.5, 0.6) is 0 Å². The molecule has 0 saturated carbocycles. The molecule has 0 aliphatic rings. The van der Waals surface area contributed by atoms with E-state index in [2.05, 4.69) is 33.0 Å². The summed E-state index contributed by atoms with van der Waals surface area (Å²) in [6.45, 7) is 10.9. The van der Waals surface area contributed by atoms with E-state index < -0.39 is 0 Å². The molecular weight excluding hydrogens is 200 g/mol. The summed E-state index contributed by atoms with van der Waals surface area (Å²) in [7, 11) is 0. The van der Waals surface area contributed by atoms with Gasteiger partial charge in [-0.1, -0.05) is 40.5 Å². The van der Waals surface area contributed by atoms with E-state index in [1.807, 2.05) is 6.92 Å². The van der Waals surface area contributed by atoms with Crippen molar-refractivity contribution in [3.05, 3.63) is 0 Å². The molecule has 0 aromatic rings. The zero-order chi connectivity index (χ0) is 12.8. The van der Waals surface area contributed by atoms with E-state index in [1.165, 1.54) is 0 Å². The number of nitrogens with one attached hydrogen (secondary N) is 1. The minimum Gasteiger partial charge on any atom is -0.349 e. The molecule has 0 fully saturated rings. The second kappa shape index (κ2) is 6.89. The van der Waals surface area contributed by atoms with Gasteiger partial charge in [0.2, 0.25) is 5.91 Å². The van der Waals surface area contributed by atoms with E-state index in [4.69, 9.17) is 5.73 Å². The van der Waals surface area contributed by atoms with Crippen molar-refractivity contribution >= 4 is 5.91 Å². The maximum atomic E-state index is 11.9. The molecule has 96 valence electrons. The van der Waals surface area contributed by atoms with Gasteiger partial charge in [0.05, 0.1) is 5.54 Å². The van der Waals surface area contributed by atoms with Gasteiger partial charge in [-0.3, -0.25) is 4.79 Å². The third-order valence-corrected chi connectivity index (χ3v) is 3.75. The quantitative estimate of drug-likeness (QED) is 0.702. The first-order valence-corrected chi connectivity index (χ1v) is 6.40. The zero-order valence-corrected chi connectivity index (χ0v) is 11.5. The van der Waals surface area contributed by atoms with Crippen molar-refractivity contribution < 1.29 is 4.79 Å². The first-order chi connectivity index (χ1) is 7.39. The average Bonchev–Trinajstić information content (AvgIpc) is 2.25. The van der Waals surface area contributed by atoms with Crippen LogP contribution in [0.1, 0.15) is 53.9 Å². The summed E-state index contributed by atoms with van der Waals surface area (Å²) in [4.78, 5) is 11.9. The number of rotatable bonds is 7. The maximum Gasteiger partial charge on any atom is 0.220 e. The van der Waals surface area contributed by atoms with E-state index >= 15 is 0 Å². The molecule has 0 aromatic heterocycles. The minimum absolute atomic E-state index is 0.135. The Balaban J connectivity index is 4.31. The first kappa shape index (κ1) is 15.4. The number of carbonyl (C=O) groups is 1. The minimum atomic E-state index is -0.275. The number of hydrogen-bond donors (Lipinski definition) is 2. The van der Waals surface area contributed by atoms with Crippen molar-refractivity contribution in [1.82, 2.24) is 5.32 Å². The highest BCUT2D eigenvalue weighted by Crippen LogP contribution is 2.17. The molecule has 3 heteroatoms. The molecule has 0 aromatic carbocycles. The summed E-state index contributed by atoms with van der Waals surface area (Å²) in [6.07, 6.45) is 2.74. The molecule has 3 nitrogen and oxygen atoms in total. The van der Waals surface area contributed by atoms with Crippen LogP contribution in [0, 0.1) is 11.8 Å². The fourth-order valence-corrected chi connectivity index (χ4v) is 1.64. The molecule has 0 spiro atoms. The Morgan fingerprint density at radius 1 is 1.31 bits per heavy atom. The molecule has 1 atom stereocenters. The monoisotopic (exact) mass is 228 g/mol. The van der Waals surface area contributed by atoms with Crippen LogP contribution in [-0.2, 0) is 4.79 Å². The fraction of sp³-hybridized carbons (Fsp3) is 0.923. The predicted octanol–water partition coefficient (Wildman–Crippen LogP) is 2.30. The molecular formula is C13H28N2O. The van der Waals surface area contributed by atoms with Crippen LogP contribution >= 0.6 is 0 Å². The van der Waals surface area contributed by atoms with E-state index in [0.29, 0.717) is 24.8 Å². The Bertz CT molecular complexity index is 212. The van der Waals surface area contributed by atoms with E-state index in [-0.39, 0.29) is 11.4 Å². The van der Waals surface area contributed by atoms with Gasteiger partial charge in [-0.05, 0) is 18.8 Å². The maximum absolute atomic E-state index is 11.9. The lowest BCUT2D eigenvalue weighted by Gasteiger charge is -2.34. The molecule has 0 aliphatic carbocycles. The standard InChI is InChI=1S/C13H28N2O/c1-6-11(7-2)8-12(16)15-13(5,9-14)10(3)4/h10-11H,6-9,14H2,1-5H3,(H,15,16). The summed E-state index contributed by atoms with van der Waals surface area (Å²) in [5.74, 6) is 0.979. The van der Waals surface area contributed by atoms with Gasteiger partial charge in [-0.25, -0.2) is 0 Å². The Hall–Kier alpha value is -0.570. The lowest BCUT2D eigenvalue weighted by atomic mass is 9.88. The highest BCUT2D eigenvalue weighted by molar-refractivity contribution is 5.77.